The van der Waals surface area contributed by atoms with Gasteiger partial charge in [0.05, 0.1) is 17.5 Å². The number of aromatic nitrogens is 5. The Morgan fingerprint density at radius 2 is 1.97 bits per heavy atom. The van der Waals surface area contributed by atoms with Crippen molar-refractivity contribution in [2.24, 2.45) is 7.05 Å². The lowest BCUT2D eigenvalue weighted by Gasteiger charge is -2.31. The highest BCUT2D eigenvalue weighted by Crippen LogP contribution is 2.27. The second-order valence-corrected chi connectivity index (χ2v) is 8.73. The fourth-order valence-electron chi connectivity index (χ4n) is 4.37. The number of aryl methyl sites for hydroxylation is 3. The molecule has 1 amide bonds. The van der Waals surface area contributed by atoms with Gasteiger partial charge in [-0.3, -0.25) is 14.3 Å². The number of H-pyrrole nitrogens is 1. The van der Waals surface area contributed by atoms with E-state index in [1.54, 1.807) is 18.0 Å². The van der Waals surface area contributed by atoms with Crippen LogP contribution in [-0.2, 0) is 18.3 Å². The lowest BCUT2D eigenvalue weighted by molar-refractivity contribution is 0.0816. The Morgan fingerprint density at radius 1 is 1.24 bits per heavy atom. The molecule has 0 spiro atoms. The predicted molar refractivity (Wildman–Crippen MR) is 129 cm³/mol. The van der Waals surface area contributed by atoms with Crippen LogP contribution in [0, 0.1) is 20.8 Å². The summed E-state index contributed by atoms with van der Waals surface area (Å²) >= 11 is 0. The maximum absolute atomic E-state index is 13.3. The van der Waals surface area contributed by atoms with E-state index in [0.717, 1.165) is 42.9 Å². The van der Waals surface area contributed by atoms with Gasteiger partial charge in [-0.05, 0) is 51.3 Å². The molecule has 0 aliphatic carbocycles. The van der Waals surface area contributed by atoms with Crippen LogP contribution < -0.4 is 15.8 Å². The van der Waals surface area contributed by atoms with Gasteiger partial charge in [0.25, 0.3) is 11.5 Å². The van der Waals surface area contributed by atoms with Crippen LogP contribution in [0.5, 0.6) is 0 Å². The topological polar surface area (TPSA) is 118 Å². The number of nitrogens with one attached hydrogen (secondary N) is 2. The first-order chi connectivity index (χ1) is 16.3. The van der Waals surface area contributed by atoms with E-state index in [9.17, 15) is 9.59 Å². The fourth-order valence-corrected chi connectivity index (χ4v) is 4.37. The van der Waals surface area contributed by atoms with Crippen molar-refractivity contribution >= 4 is 11.9 Å². The third-order valence-electron chi connectivity index (χ3n) is 6.39. The van der Waals surface area contributed by atoms with E-state index in [1.807, 2.05) is 40.0 Å². The summed E-state index contributed by atoms with van der Waals surface area (Å²) in [6.07, 6.45) is 3.65. The molecular formula is C24H31N7O3. The molecule has 4 heterocycles. The number of anilines is 1. The smallest absolute Gasteiger partial charge is 0.270 e. The molecule has 0 aromatic carbocycles. The average Bonchev–Trinajstić information content (AvgIpc) is 3.24. The number of hydrogen-bond acceptors (Lipinski definition) is 7. The molecule has 10 heteroatoms. The molecule has 10 nitrogen and oxygen atoms in total. The molecule has 1 aliphatic rings. The van der Waals surface area contributed by atoms with E-state index in [0.29, 0.717) is 22.8 Å². The lowest BCUT2D eigenvalue weighted by atomic mass is 10.1. The summed E-state index contributed by atoms with van der Waals surface area (Å²) in [5, 5.41) is 7.14. The number of hydrogen-bond donors (Lipinski definition) is 2. The summed E-state index contributed by atoms with van der Waals surface area (Å²) in [5.41, 5.74) is 4.35. The average molecular weight is 466 g/mol. The zero-order valence-electron chi connectivity index (χ0n) is 20.3. The van der Waals surface area contributed by atoms with Crippen molar-refractivity contribution < 1.29 is 9.53 Å². The molecule has 0 atom stereocenters. The largest absolute Gasteiger partial charge is 0.381 e. The number of methoxy groups -OCH3 is 1. The summed E-state index contributed by atoms with van der Waals surface area (Å²) in [6, 6.07) is 3.76. The molecule has 3 aromatic heterocycles. The Bertz CT molecular complexity index is 1260. The number of pyridine rings is 1. The number of piperidine rings is 1. The van der Waals surface area contributed by atoms with E-state index < -0.39 is 0 Å². The van der Waals surface area contributed by atoms with Gasteiger partial charge in [-0.1, -0.05) is 0 Å². The maximum atomic E-state index is 13.3. The SMILES string of the molecule is COC1CCN(c2nc(C(=O)NCc3c(C)cc(C)[nH]c3=O)c(C)c(-c3ccnn3C)n2)CC1. The molecule has 34 heavy (non-hydrogen) atoms. The van der Waals surface area contributed by atoms with E-state index in [-0.39, 0.29) is 29.8 Å². The van der Waals surface area contributed by atoms with Crippen molar-refractivity contribution in [2.75, 3.05) is 25.1 Å². The molecule has 180 valence electrons. The Labute approximate surface area is 198 Å². The summed E-state index contributed by atoms with van der Waals surface area (Å²) < 4.78 is 7.21. The van der Waals surface area contributed by atoms with Gasteiger partial charge in [-0.2, -0.15) is 5.10 Å². The normalized spacial score (nSPS) is 14.4. The molecule has 0 saturated carbocycles. The first kappa shape index (κ1) is 23.6. The Balaban J connectivity index is 1.67. The zero-order chi connectivity index (χ0) is 24.4. The number of carbonyl (C=O) groups is 1. The van der Waals surface area contributed by atoms with Crippen LogP contribution in [0.15, 0.2) is 23.1 Å². The van der Waals surface area contributed by atoms with E-state index in [1.165, 1.54) is 0 Å². The van der Waals surface area contributed by atoms with Crippen LogP contribution >= 0.6 is 0 Å². The first-order valence-electron chi connectivity index (χ1n) is 11.4. The number of aromatic amines is 1. The summed E-state index contributed by atoms with van der Waals surface area (Å²) in [4.78, 5) is 40.0. The summed E-state index contributed by atoms with van der Waals surface area (Å²) in [5.74, 6) is 0.154. The third-order valence-corrected chi connectivity index (χ3v) is 6.39. The molecule has 0 unspecified atom stereocenters. The van der Waals surface area contributed by atoms with Crippen LogP contribution in [0.3, 0.4) is 0 Å². The fraction of sp³-hybridized carbons (Fsp3) is 0.458. The number of nitrogens with zero attached hydrogens (tertiary/aromatic N) is 5. The van der Waals surface area contributed by atoms with Gasteiger partial charge < -0.3 is 19.9 Å². The molecular weight excluding hydrogens is 434 g/mol. The first-order valence-corrected chi connectivity index (χ1v) is 11.4. The van der Waals surface area contributed by atoms with Crippen LogP contribution in [0.1, 0.15) is 45.7 Å². The van der Waals surface area contributed by atoms with E-state index in [4.69, 9.17) is 9.72 Å². The third kappa shape index (κ3) is 4.72. The van der Waals surface area contributed by atoms with Gasteiger partial charge in [-0.25, -0.2) is 9.97 Å². The van der Waals surface area contributed by atoms with E-state index in [2.05, 4.69) is 25.3 Å². The number of ether oxygens (including phenoxy) is 1. The minimum absolute atomic E-state index is 0.110. The summed E-state index contributed by atoms with van der Waals surface area (Å²) in [7, 11) is 3.57. The molecule has 1 aliphatic heterocycles. The van der Waals surface area contributed by atoms with Gasteiger partial charge in [0.1, 0.15) is 5.69 Å². The molecule has 3 aromatic rings. The quantitative estimate of drug-likeness (QED) is 0.572. The maximum Gasteiger partial charge on any atom is 0.270 e. The minimum Gasteiger partial charge on any atom is -0.381 e. The van der Waals surface area contributed by atoms with Gasteiger partial charge >= 0.3 is 0 Å². The van der Waals surface area contributed by atoms with Gasteiger partial charge in [-0.15, -0.1) is 0 Å². The van der Waals surface area contributed by atoms with Crippen LogP contribution in [0.4, 0.5) is 5.95 Å². The van der Waals surface area contributed by atoms with Gasteiger partial charge in [0, 0.05) is 56.8 Å². The highest BCUT2D eigenvalue weighted by atomic mass is 16.5. The van der Waals surface area contributed by atoms with Crippen molar-refractivity contribution in [3.63, 3.8) is 0 Å². The number of carbonyl (C=O) groups excluding carboxylic acids is 1. The monoisotopic (exact) mass is 465 g/mol. The molecule has 0 bridgehead atoms. The van der Waals surface area contributed by atoms with Crippen molar-refractivity contribution in [1.29, 1.82) is 0 Å². The number of rotatable bonds is 6. The highest BCUT2D eigenvalue weighted by molar-refractivity contribution is 5.95. The molecule has 0 radical (unpaired) electrons. The molecule has 1 fully saturated rings. The van der Waals surface area contributed by atoms with Crippen LogP contribution in [0.25, 0.3) is 11.4 Å². The van der Waals surface area contributed by atoms with E-state index >= 15 is 0 Å². The Kier molecular flexibility index (Phi) is 6.78. The standard InChI is InChI=1S/C24H31N7O3/c1-14-12-15(2)27-22(32)18(14)13-25-23(33)21-16(3)20(19-6-9-26-30(19)4)28-24(29-21)31-10-7-17(34-5)8-11-31/h6,9,12,17H,7-8,10-11,13H2,1-5H3,(H,25,33)(H,27,32). The van der Waals surface area contributed by atoms with Gasteiger partial charge in [0.15, 0.2) is 0 Å². The van der Waals surface area contributed by atoms with Crippen molar-refractivity contribution in [1.82, 2.24) is 30.0 Å². The molecule has 2 N–H and O–H groups in total. The number of amides is 1. The lowest BCUT2D eigenvalue weighted by Crippen LogP contribution is -2.38. The highest BCUT2D eigenvalue weighted by Gasteiger charge is 2.25. The second kappa shape index (κ2) is 9.76. The molecule has 4 rings (SSSR count). The molecule has 1 saturated heterocycles. The van der Waals surface area contributed by atoms with Gasteiger partial charge in [0.2, 0.25) is 5.95 Å². The van der Waals surface area contributed by atoms with Crippen molar-refractivity contribution in [3.8, 4) is 11.4 Å². The van der Waals surface area contributed by atoms with Crippen LogP contribution in [0.2, 0.25) is 0 Å². The van der Waals surface area contributed by atoms with Crippen LogP contribution in [-0.4, -0.2) is 56.9 Å². The zero-order valence-corrected chi connectivity index (χ0v) is 20.3. The summed E-state index contributed by atoms with van der Waals surface area (Å²) in [6.45, 7) is 7.12. The Morgan fingerprint density at radius 3 is 2.59 bits per heavy atom. The predicted octanol–water partition coefficient (Wildman–Crippen LogP) is 2.04. The second-order valence-electron chi connectivity index (χ2n) is 8.73. The van der Waals surface area contributed by atoms with Crippen molar-refractivity contribution in [3.05, 3.63) is 56.8 Å². The van der Waals surface area contributed by atoms with Crippen molar-refractivity contribution in [2.45, 2.75) is 46.3 Å². The minimum atomic E-state index is -0.351. The Hall–Kier alpha value is -3.53.